The molecular weight excluding hydrogens is 314 g/mol. The van der Waals surface area contributed by atoms with Crippen LogP contribution in [0, 0.1) is 0 Å². The van der Waals surface area contributed by atoms with Crippen molar-refractivity contribution in [2.24, 2.45) is 0 Å². The van der Waals surface area contributed by atoms with Crippen molar-refractivity contribution in [1.82, 2.24) is 9.99 Å². The van der Waals surface area contributed by atoms with E-state index in [1.165, 1.54) is 10.6 Å². The molecule has 25 heavy (non-hydrogen) atoms. The lowest BCUT2D eigenvalue weighted by atomic mass is 10.2. The van der Waals surface area contributed by atoms with Crippen LogP contribution in [0.3, 0.4) is 0 Å². The van der Waals surface area contributed by atoms with Crippen molar-refractivity contribution >= 4 is 11.6 Å². The number of hydrazine groups is 1. The monoisotopic (exact) mass is 333 g/mol. The van der Waals surface area contributed by atoms with Crippen LogP contribution in [0.2, 0.25) is 0 Å². The number of benzene rings is 2. The Hall–Kier alpha value is -3.34. The van der Waals surface area contributed by atoms with Crippen LogP contribution >= 0.6 is 0 Å². The Bertz CT molecular complexity index is 876. The molecule has 1 N–H and O–H groups in total. The summed E-state index contributed by atoms with van der Waals surface area (Å²) >= 11 is 0. The van der Waals surface area contributed by atoms with Gasteiger partial charge < -0.3 is 4.57 Å². The number of carbonyl (C=O) groups is 1. The molecule has 3 aromatic rings. The fourth-order valence-electron chi connectivity index (χ4n) is 2.50. The van der Waals surface area contributed by atoms with Gasteiger partial charge in [-0.3, -0.25) is 20.0 Å². The summed E-state index contributed by atoms with van der Waals surface area (Å²) in [4.78, 5) is 24.2. The lowest BCUT2D eigenvalue weighted by molar-refractivity contribution is -0.121. The molecule has 0 aliphatic carbocycles. The van der Waals surface area contributed by atoms with Gasteiger partial charge in [-0.1, -0.05) is 54.6 Å². The van der Waals surface area contributed by atoms with Gasteiger partial charge in [0, 0.05) is 12.3 Å². The van der Waals surface area contributed by atoms with Gasteiger partial charge in [-0.2, -0.15) is 0 Å². The van der Waals surface area contributed by atoms with Gasteiger partial charge in [0.1, 0.15) is 6.54 Å². The van der Waals surface area contributed by atoms with Crippen molar-refractivity contribution in [2.75, 3.05) is 5.01 Å². The number of aromatic nitrogens is 1. The summed E-state index contributed by atoms with van der Waals surface area (Å²) in [5.74, 6) is -0.256. The molecular formula is C20H19N3O2. The molecule has 5 heteroatoms. The van der Waals surface area contributed by atoms with E-state index in [0.717, 1.165) is 11.3 Å². The Labute approximate surface area is 146 Å². The number of nitrogens with one attached hydrogen (secondary N) is 1. The molecule has 0 spiro atoms. The Balaban J connectivity index is 1.76. The number of rotatable bonds is 6. The van der Waals surface area contributed by atoms with Gasteiger partial charge in [0.05, 0.1) is 12.2 Å². The number of carbonyl (C=O) groups excluding carboxylic acids is 1. The molecule has 1 amide bonds. The number of pyridine rings is 1. The molecule has 0 aliphatic heterocycles. The van der Waals surface area contributed by atoms with E-state index in [-0.39, 0.29) is 18.0 Å². The molecule has 0 radical (unpaired) electrons. The average Bonchev–Trinajstić information content (AvgIpc) is 2.65. The molecule has 0 atom stereocenters. The highest BCUT2D eigenvalue weighted by Crippen LogP contribution is 2.14. The van der Waals surface area contributed by atoms with E-state index in [1.54, 1.807) is 23.3 Å². The van der Waals surface area contributed by atoms with E-state index in [4.69, 9.17) is 0 Å². The molecule has 0 fully saturated rings. The average molecular weight is 333 g/mol. The molecule has 1 aromatic heterocycles. The van der Waals surface area contributed by atoms with Gasteiger partial charge in [-0.15, -0.1) is 0 Å². The molecule has 1 heterocycles. The highest BCUT2D eigenvalue weighted by atomic mass is 16.2. The Morgan fingerprint density at radius 2 is 1.52 bits per heavy atom. The first-order valence-corrected chi connectivity index (χ1v) is 8.04. The summed E-state index contributed by atoms with van der Waals surface area (Å²) in [6.45, 7) is 0.498. The number of para-hydroxylation sites is 1. The third kappa shape index (κ3) is 4.57. The smallest absolute Gasteiger partial charge is 0.258 e. The van der Waals surface area contributed by atoms with Gasteiger partial charge >= 0.3 is 0 Å². The second kappa shape index (κ2) is 7.97. The zero-order valence-corrected chi connectivity index (χ0v) is 13.7. The van der Waals surface area contributed by atoms with Crippen LogP contribution in [-0.2, 0) is 17.9 Å². The molecule has 3 rings (SSSR count). The lowest BCUT2D eigenvalue weighted by Crippen LogP contribution is -2.44. The first-order valence-electron chi connectivity index (χ1n) is 8.04. The first kappa shape index (κ1) is 16.5. The molecule has 2 aromatic carbocycles. The Kier molecular flexibility index (Phi) is 5.26. The normalized spacial score (nSPS) is 10.2. The predicted molar refractivity (Wildman–Crippen MR) is 97.9 cm³/mol. The third-order valence-electron chi connectivity index (χ3n) is 3.72. The largest absolute Gasteiger partial charge is 0.306 e. The van der Waals surface area contributed by atoms with Crippen LogP contribution in [-0.4, -0.2) is 10.5 Å². The molecule has 5 nitrogen and oxygen atoms in total. The van der Waals surface area contributed by atoms with E-state index in [2.05, 4.69) is 5.43 Å². The SMILES string of the molecule is O=C(Cn1ccccc1=O)NN(Cc1ccccc1)c1ccccc1. The third-order valence-corrected chi connectivity index (χ3v) is 3.72. The van der Waals surface area contributed by atoms with E-state index in [0.29, 0.717) is 6.54 Å². The molecule has 0 unspecified atom stereocenters. The second-order valence-corrected chi connectivity index (χ2v) is 5.61. The highest BCUT2D eigenvalue weighted by Gasteiger charge is 2.12. The standard InChI is InChI=1S/C20H19N3O2/c24-19(16-22-14-8-7-13-20(22)25)21-23(18-11-5-2-6-12-18)15-17-9-3-1-4-10-17/h1-14H,15-16H2,(H,21,24). The lowest BCUT2D eigenvalue weighted by Gasteiger charge is -2.25. The zero-order valence-electron chi connectivity index (χ0n) is 13.7. The van der Waals surface area contributed by atoms with Gasteiger partial charge in [-0.05, 0) is 23.8 Å². The van der Waals surface area contributed by atoms with Gasteiger partial charge in [0.15, 0.2) is 0 Å². The summed E-state index contributed by atoms with van der Waals surface area (Å²) in [6, 6.07) is 24.3. The summed E-state index contributed by atoms with van der Waals surface area (Å²) in [7, 11) is 0. The van der Waals surface area contributed by atoms with Gasteiger partial charge in [0.2, 0.25) is 0 Å². The van der Waals surface area contributed by atoms with Gasteiger partial charge in [-0.25, -0.2) is 0 Å². The fraction of sp³-hybridized carbons (Fsp3) is 0.100. The fourth-order valence-corrected chi connectivity index (χ4v) is 2.50. The maximum Gasteiger partial charge on any atom is 0.258 e. The number of hydrogen-bond donors (Lipinski definition) is 1. The van der Waals surface area contributed by atoms with Crippen molar-refractivity contribution in [3.05, 3.63) is 101 Å². The summed E-state index contributed by atoms with van der Waals surface area (Å²) in [5.41, 5.74) is 4.64. The van der Waals surface area contributed by atoms with Crippen molar-refractivity contribution in [1.29, 1.82) is 0 Å². The van der Waals surface area contributed by atoms with Crippen LogP contribution in [0.25, 0.3) is 0 Å². The summed E-state index contributed by atoms with van der Waals surface area (Å²) in [6.07, 6.45) is 1.60. The number of hydrogen-bond acceptors (Lipinski definition) is 3. The van der Waals surface area contributed by atoms with Crippen LogP contribution in [0.15, 0.2) is 89.9 Å². The maximum atomic E-state index is 12.4. The number of nitrogens with zero attached hydrogens (tertiary/aromatic N) is 2. The molecule has 0 aliphatic rings. The minimum absolute atomic E-state index is 0.0300. The van der Waals surface area contributed by atoms with E-state index < -0.39 is 0 Å². The summed E-state index contributed by atoms with van der Waals surface area (Å²) in [5, 5.41) is 1.78. The van der Waals surface area contributed by atoms with Crippen LogP contribution in [0.4, 0.5) is 5.69 Å². The Morgan fingerprint density at radius 1 is 0.880 bits per heavy atom. The summed E-state index contributed by atoms with van der Waals surface area (Å²) < 4.78 is 1.38. The first-order chi connectivity index (χ1) is 12.2. The molecule has 126 valence electrons. The van der Waals surface area contributed by atoms with Crippen molar-refractivity contribution in [3.63, 3.8) is 0 Å². The van der Waals surface area contributed by atoms with E-state index in [9.17, 15) is 9.59 Å². The van der Waals surface area contributed by atoms with Crippen LogP contribution in [0.5, 0.6) is 0 Å². The maximum absolute atomic E-state index is 12.4. The highest BCUT2D eigenvalue weighted by molar-refractivity contribution is 5.77. The quantitative estimate of drug-likeness (QED) is 0.706. The van der Waals surface area contributed by atoms with Crippen molar-refractivity contribution in [2.45, 2.75) is 13.1 Å². The topological polar surface area (TPSA) is 54.3 Å². The Morgan fingerprint density at radius 3 is 2.20 bits per heavy atom. The predicted octanol–water partition coefficient (Wildman–Crippen LogP) is 2.59. The second-order valence-electron chi connectivity index (χ2n) is 5.61. The van der Waals surface area contributed by atoms with Crippen LogP contribution < -0.4 is 16.0 Å². The number of amides is 1. The van der Waals surface area contributed by atoms with Crippen molar-refractivity contribution in [3.8, 4) is 0 Å². The molecule has 0 bridgehead atoms. The minimum atomic E-state index is -0.256. The van der Waals surface area contributed by atoms with E-state index >= 15 is 0 Å². The zero-order chi connectivity index (χ0) is 17.5. The minimum Gasteiger partial charge on any atom is -0.306 e. The number of anilines is 1. The molecule has 0 saturated carbocycles. The van der Waals surface area contributed by atoms with Crippen molar-refractivity contribution < 1.29 is 4.79 Å². The van der Waals surface area contributed by atoms with E-state index in [1.807, 2.05) is 60.7 Å². The van der Waals surface area contributed by atoms with Crippen LogP contribution in [0.1, 0.15) is 5.56 Å². The molecule has 0 saturated heterocycles. The van der Waals surface area contributed by atoms with Gasteiger partial charge in [0.25, 0.3) is 11.5 Å².